The fraction of sp³-hybridized carbons (Fsp3) is 0.364. The molecule has 0 aliphatic heterocycles. The summed E-state index contributed by atoms with van der Waals surface area (Å²) in [4.78, 5) is 4.06. The maximum atomic E-state index is 13.1. The largest absolute Gasteiger partial charge is 0.293 e. The number of aryl methyl sites for hydroxylation is 1. The molecule has 0 spiro atoms. The van der Waals surface area contributed by atoms with Gasteiger partial charge in [-0.05, 0) is 36.6 Å². The van der Waals surface area contributed by atoms with E-state index in [9.17, 15) is 4.39 Å². The molecule has 0 amide bonds. The van der Waals surface area contributed by atoms with E-state index in [-0.39, 0.29) is 5.82 Å². The molecule has 1 nitrogen and oxygen atoms in total. The normalized spacial score (nSPS) is 11.8. The van der Waals surface area contributed by atoms with Crippen molar-refractivity contribution in [1.82, 2.24) is 0 Å². The monoisotopic (exact) mass is 179 g/mol. The molecule has 13 heavy (non-hydrogen) atoms. The molecule has 0 aliphatic carbocycles. The summed E-state index contributed by atoms with van der Waals surface area (Å²) in [7, 11) is 1.74. The lowest BCUT2D eigenvalue weighted by Crippen LogP contribution is -1.97. The second-order valence-electron chi connectivity index (χ2n) is 2.97. The van der Waals surface area contributed by atoms with Crippen LogP contribution >= 0.6 is 0 Å². The molecule has 2 heteroatoms. The Morgan fingerprint density at radius 2 is 2.15 bits per heavy atom. The van der Waals surface area contributed by atoms with Crippen molar-refractivity contribution in [3.63, 3.8) is 0 Å². The predicted octanol–water partition coefficient (Wildman–Crippen LogP) is 2.83. The third-order valence-corrected chi connectivity index (χ3v) is 2.18. The number of hydrogen-bond acceptors (Lipinski definition) is 1. The van der Waals surface area contributed by atoms with Crippen LogP contribution in [-0.2, 0) is 6.42 Å². The molecular formula is C11H14FN. The smallest absolute Gasteiger partial charge is 0.126 e. The second kappa shape index (κ2) is 4.17. The molecule has 1 aromatic carbocycles. The fourth-order valence-electron chi connectivity index (χ4n) is 1.20. The van der Waals surface area contributed by atoms with Gasteiger partial charge in [-0.1, -0.05) is 13.0 Å². The van der Waals surface area contributed by atoms with Crippen LogP contribution in [0.4, 0.5) is 4.39 Å². The van der Waals surface area contributed by atoms with Crippen LogP contribution in [0.25, 0.3) is 0 Å². The van der Waals surface area contributed by atoms with Gasteiger partial charge in [0.25, 0.3) is 0 Å². The van der Waals surface area contributed by atoms with Gasteiger partial charge in [0.1, 0.15) is 5.82 Å². The van der Waals surface area contributed by atoms with Gasteiger partial charge >= 0.3 is 0 Å². The number of halogens is 1. The Balaban J connectivity index is 3.13. The quantitative estimate of drug-likeness (QED) is 0.619. The number of benzene rings is 1. The van der Waals surface area contributed by atoms with E-state index in [0.717, 1.165) is 23.3 Å². The third kappa shape index (κ3) is 2.14. The molecule has 0 aromatic heterocycles. The van der Waals surface area contributed by atoms with E-state index in [2.05, 4.69) is 4.99 Å². The molecule has 70 valence electrons. The van der Waals surface area contributed by atoms with Gasteiger partial charge in [0.15, 0.2) is 0 Å². The zero-order valence-electron chi connectivity index (χ0n) is 8.26. The Morgan fingerprint density at radius 1 is 1.46 bits per heavy atom. The lowest BCUT2D eigenvalue weighted by atomic mass is 10.1. The number of aliphatic imine (C=N–C) groups is 1. The molecule has 1 rings (SSSR count). The van der Waals surface area contributed by atoms with Crippen molar-refractivity contribution in [3.05, 3.63) is 35.1 Å². The van der Waals surface area contributed by atoms with Crippen LogP contribution in [0.2, 0.25) is 0 Å². The average molecular weight is 179 g/mol. The SMILES string of the molecule is CCc1cc(/C(C)=N/C)ccc1F. The van der Waals surface area contributed by atoms with Crippen molar-refractivity contribution in [2.75, 3.05) is 7.05 Å². The summed E-state index contributed by atoms with van der Waals surface area (Å²) in [5.41, 5.74) is 2.69. The predicted molar refractivity (Wildman–Crippen MR) is 53.9 cm³/mol. The summed E-state index contributed by atoms with van der Waals surface area (Å²) < 4.78 is 13.1. The number of nitrogens with zero attached hydrogens (tertiary/aromatic N) is 1. The lowest BCUT2D eigenvalue weighted by Gasteiger charge is -2.03. The van der Waals surface area contributed by atoms with Gasteiger partial charge in [0.2, 0.25) is 0 Å². The molecule has 0 bridgehead atoms. The Hall–Kier alpha value is -1.18. The fourth-order valence-corrected chi connectivity index (χ4v) is 1.20. The van der Waals surface area contributed by atoms with Gasteiger partial charge in [-0.15, -0.1) is 0 Å². The molecule has 0 atom stereocenters. The first-order valence-corrected chi connectivity index (χ1v) is 4.41. The van der Waals surface area contributed by atoms with Crippen LogP contribution in [0.15, 0.2) is 23.2 Å². The summed E-state index contributed by atoms with van der Waals surface area (Å²) in [6.07, 6.45) is 0.719. The van der Waals surface area contributed by atoms with E-state index in [1.54, 1.807) is 13.1 Å². The molecule has 0 saturated heterocycles. The number of rotatable bonds is 2. The minimum Gasteiger partial charge on any atom is -0.293 e. The highest BCUT2D eigenvalue weighted by Crippen LogP contribution is 2.11. The first kappa shape index (κ1) is 9.90. The van der Waals surface area contributed by atoms with E-state index < -0.39 is 0 Å². The average Bonchev–Trinajstić information content (AvgIpc) is 2.17. The van der Waals surface area contributed by atoms with E-state index in [1.807, 2.05) is 19.9 Å². The van der Waals surface area contributed by atoms with Gasteiger partial charge in [-0.2, -0.15) is 0 Å². The van der Waals surface area contributed by atoms with Crippen LogP contribution in [0, 0.1) is 5.82 Å². The van der Waals surface area contributed by atoms with E-state index in [1.165, 1.54) is 6.07 Å². The Morgan fingerprint density at radius 3 is 2.69 bits per heavy atom. The van der Waals surface area contributed by atoms with Gasteiger partial charge in [0.05, 0.1) is 0 Å². The van der Waals surface area contributed by atoms with Crippen molar-refractivity contribution in [3.8, 4) is 0 Å². The lowest BCUT2D eigenvalue weighted by molar-refractivity contribution is 0.612. The zero-order valence-corrected chi connectivity index (χ0v) is 8.26. The van der Waals surface area contributed by atoms with Crippen molar-refractivity contribution < 1.29 is 4.39 Å². The Labute approximate surface area is 78.3 Å². The highest BCUT2D eigenvalue weighted by atomic mass is 19.1. The summed E-state index contributed by atoms with van der Waals surface area (Å²) in [6, 6.07) is 5.12. The Bertz CT molecular complexity index is 329. The van der Waals surface area contributed by atoms with Gasteiger partial charge < -0.3 is 0 Å². The molecule has 0 N–H and O–H groups in total. The van der Waals surface area contributed by atoms with Crippen molar-refractivity contribution in [2.45, 2.75) is 20.3 Å². The minimum atomic E-state index is -0.129. The molecule has 0 radical (unpaired) electrons. The van der Waals surface area contributed by atoms with Gasteiger partial charge in [0, 0.05) is 12.8 Å². The topological polar surface area (TPSA) is 12.4 Å². The summed E-state index contributed by atoms with van der Waals surface area (Å²) in [5, 5.41) is 0. The molecule has 0 aliphatic rings. The second-order valence-corrected chi connectivity index (χ2v) is 2.97. The van der Waals surface area contributed by atoms with Crippen molar-refractivity contribution in [1.29, 1.82) is 0 Å². The molecule has 0 unspecified atom stereocenters. The molecular weight excluding hydrogens is 165 g/mol. The first-order valence-electron chi connectivity index (χ1n) is 4.41. The van der Waals surface area contributed by atoms with Crippen LogP contribution in [0.1, 0.15) is 25.0 Å². The van der Waals surface area contributed by atoms with Gasteiger partial charge in [-0.3, -0.25) is 4.99 Å². The van der Waals surface area contributed by atoms with Crippen LogP contribution in [-0.4, -0.2) is 12.8 Å². The standard InChI is InChI=1S/C11H14FN/c1-4-9-7-10(8(2)13-3)5-6-11(9)12/h5-7H,4H2,1-3H3/b13-8+. The summed E-state index contributed by atoms with van der Waals surface area (Å²) in [6.45, 7) is 3.87. The maximum Gasteiger partial charge on any atom is 0.126 e. The van der Waals surface area contributed by atoms with Crippen molar-refractivity contribution in [2.24, 2.45) is 4.99 Å². The molecule has 0 fully saturated rings. The van der Waals surface area contributed by atoms with Crippen LogP contribution in [0.5, 0.6) is 0 Å². The highest BCUT2D eigenvalue weighted by Gasteiger charge is 2.02. The third-order valence-electron chi connectivity index (χ3n) is 2.18. The summed E-state index contributed by atoms with van der Waals surface area (Å²) >= 11 is 0. The van der Waals surface area contributed by atoms with E-state index >= 15 is 0 Å². The molecule has 0 saturated carbocycles. The van der Waals surface area contributed by atoms with E-state index in [4.69, 9.17) is 0 Å². The zero-order chi connectivity index (χ0) is 9.84. The molecule has 1 aromatic rings. The van der Waals surface area contributed by atoms with Crippen LogP contribution in [0.3, 0.4) is 0 Å². The maximum absolute atomic E-state index is 13.1. The highest BCUT2D eigenvalue weighted by molar-refractivity contribution is 5.98. The Kier molecular flexibility index (Phi) is 3.18. The van der Waals surface area contributed by atoms with E-state index in [0.29, 0.717) is 0 Å². The van der Waals surface area contributed by atoms with Crippen molar-refractivity contribution >= 4 is 5.71 Å². The first-order chi connectivity index (χ1) is 6.19. The minimum absolute atomic E-state index is 0.129. The molecule has 0 heterocycles. The van der Waals surface area contributed by atoms with Gasteiger partial charge in [-0.25, -0.2) is 4.39 Å². The summed E-state index contributed by atoms with van der Waals surface area (Å²) in [5.74, 6) is -0.129. The van der Waals surface area contributed by atoms with Crippen LogP contribution < -0.4 is 0 Å². The number of hydrogen-bond donors (Lipinski definition) is 0.